The van der Waals surface area contributed by atoms with E-state index in [0.29, 0.717) is 11.1 Å². The molecule has 8 nitrogen and oxygen atoms in total. The minimum atomic E-state index is -4.77. The highest BCUT2D eigenvalue weighted by Gasteiger charge is 2.30. The number of halogens is 7. The van der Waals surface area contributed by atoms with Crippen molar-refractivity contribution >= 4 is 29.3 Å². The maximum Gasteiger partial charge on any atom is 0.422 e. The zero-order valence-corrected chi connectivity index (χ0v) is 15.2. The Morgan fingerprint density at radius 1 is 1.00 bits per heavy atom. The maximum atomic E-state index is 12.3. The van der Waals surface area contributed by atoms with Crippen LogP contribution in [0, 0.1) is 0 Å². The quantitative estimate of drug-likeness (QED) is 0.376. The standard InChI is InChI=1S/C15H11ClF6N4O4/c16-8-1-3-9(4-2-8)26(28)13(27)25-12-23-10(29-6-14(17,18)19)5-11(24-12)30-7-15(20,21)22/h1-5,28H,6-7H2,(H,23,24,25,27). The van der Waals surface area contributed by atoms with Gasteiger partial charge in [0, 0.05) is 5.02 Å². The first-order chi connectivity index (χ1) is 13.8. The second kappa shape index (κ2) is 9.21. The summed E-state index contributed by atoms with van der Waals surface area (Å²) in [6.07, 6.45) is -9.53. The zero-order valence-electron chi connectivity index (χ0n) is 14.5. The number of urea groups is 1. The van der Waals surface area contributed by atoms with Crippen LogP contribution in [-0.4, -0.2) is 46.8 Å². The van der Waals surface area contributed by atoms with Crippen LogP contribution >= 0.6 is 11.6 Å². The molecule has 0 saturated carbocycles. The largest absolute Gasteiger partial charge is 0.468 e. The number of anilines is 2. The summed E-state index contributed by atoms with van der Waals surface area (Å²) in [5.41, 5.74) is -0.0603. The SMILES string of the molecule is O=C(Nc1nc(OCC(F)(F)F)cc(OCC(F)(F)F)n1)N(O)c1ccc(Cl)cc1. The number of carbonyl (C=O) groups is 1. The van der Waals surface area contributed by atoms with Crippen molar-refractivity contribution in [1.82, 2.24) is 9.97 Å². The molecule has 0 saturated heterocycles. The average Bonchev–Trinajstić information content (AvgIpc) is 2.63. The number of aromatic nitrogens is 2. The van der Waals surface area contributed by atoms with Crippen LogP contribution in [0.3, 0.4) is 0 Å². The van der Waals surface area contributed by atoms with Gasteiger partial charge in [0.15, 0.2) is 13.2 Å². The predicted octanol–water partition coefficient (Wildman–Crippen LogP) is 4.44. The number of nitrogens with one attached hydrogen (secondary N) is 1. The van der Waals surface area contributed by atoms with Crippen molar-refractivity contribution < 1.29 is 45.8 Å². The van der Waals surface area contributed by atoms with Gasteiger partial charge in [0.05, 0.1) is 11.8 Å². The number of alkyl halides is 6. The molecule has 0 spiro atoms. The molecule has 0 fully saturated rings. The summed E-state index contributed by atoms with van der Waals surface area (Å²) in [4.78, 5) is 18.9. The van der Waals surface area contributed by atoms with Crippen molar-refractivity contribution in [2.24, 2.45) is 0 Å². The van der Waals surface area contributed by atoms with Crippen molar-refractivity contribution in [3.8, 4) is 11.8 Å². The second-order valence-corrected chi connectivity index (χ2v) is 5.83. The molecule has 0 aliphatic heterocycles. The first-order valence-corrected chi connectivity index (χ1v) is 8.04. The molecule has 0 bridgehead atoms. The number of hydrogen-bond donors (Lipinski definition) is 2. The van der Waals surface area contributed by atoms with Crippen LogP contribution in [0.15, 0.2) is 30.3 Å². The number of hydroxylamine groups is 1. The topological polar surface area (TPSA) is 96.8 Å². The molecule has 1 heterocycles. The van der Waals surface area contributed by atoms with E-state index in [0.717, 1.165) is 0 Å². The van der Waals surface area contributed by atoms with Gasteiger partial charge >= 0.3 is 18.4 Å². The Labute approximate surface area is 168 Å². The van der Waals surface area contributed by atoms with E-state index in [1.807, 2.05) is 5.32 Å². The lowest BCUT2D eigenvalue weighted by molar-refractivity contribution is -0.154. The van der Waals surface area contributed by atoms with Gasteiger partial charge in [-0.2, -0.15) is 41.4 Å². The van der Waals surface area contributed by atoms with Crippen LogP contribution in [-0.2, 0) is 0 Å². The summed E-state index contributed by atoms with van der Waals surface area (Å²) in [5.74, 6) is -2.44. The molecule has 164 valence electrons. The summed E-state index contributed by atoms with van der Waals surface area (Å²) in [5, 5.41) is 12.1. The molecular formula is C15H11ClF6N4O4. The molecule has 2 N–H and O–H groups in total. The number of benzene rings is 1. The van der Waals surface area contributed by atoms with Gasteiger partial charge in [-0.25, -0.2) is 4.79 Å². The lowest BCUT2D eigenvalue weighted by Crippen LogP contribution is -2.32. The molecule has 2 aromatic rings. The Bertz CT molecular complexity index is 843. The summed E-state index contributed by atoms with van der Waals surface area (Å²) in [6, 6.07) is 4.49. The van der Waals surface area contributed by atoms with Gasteiger partial charge in [-0.1, -0.05) is 11.6 Å². The van der Waals surface area contributed by atoms with Crippen LogP contribution in [0.4, 0.5) is 42.8 Å². The lowest BCUT2D eigenvalue weighted by atomic mass is 10.3. The van der Waals surface area contributed by atoms with E-state index in [9.17, 15) is 36.3 Å². The third kappa shape index (κ3) is 7.79. The first kappa shape index (κ1) is 23.3. The van der Waals surface area contributed by atoms with Gasteiger partial charge < -0.3 is 9.47 Å². The van der Waals surface area contributed by atoms with E-state index >= 15 is 0 Å². The molecule has 2 rings (SSSR count). The summed E-state index contributed by atoms with van der Waals surface area (Å²) in [7, 11) is 0. The van der Waals surface area contributed by atoms with E-state index in [-0.39, 0.29) is 10.8 Å². The fraction of sp³-hybridized carbons (Fsp3) is 0.267. The Hall–Kier alpha value is -3.00. The highest BCUT2D eigenvalue weighted by atomic mass is 35.5. The van der Waals surface area contributed by atoms with Gasteiger partial charge in [0.1, 0.15) is 0 Å². The summed E-state index contributed by atoms with van der Waals surface area (Å²) in [6.45, 7) is -3.62. The van der Waals surface area contributed by atoms with Gasteiger partial charge in [0.25, 0.3) is 0 Å². The average molecular weight is 461 g/mol. The number of amides is 2. The highest BCUT2D eigenvalue weighted by molar-refractivity contribution is 6.30. The summed E-state index contributed by atoms with van der Waals surface area (Å²) >= 11 is 5.68. The number of hydrogen-bond acceptors (Lipinski definition) is 6. The molecule has 1 aromatic heterocycles. The fourth-order valence-electron chi connectivity index (χ4n) is 1.77. The van der Waals surface area contributed by atoms with Crippen LogP contribution in [0.25, 0.3) is 0 Å². The van der Waals surface area contributed by atoms with Gasteiger partial charge in [-0.3, -0.25) is 10.5 Å². The monoisotopic (exact) mass is 460 g/mol. The maximum absolute atomic E-state index is 12.3. The van der Waals surface area contributed by atoms with Crippen LogP contribution in [0.1, 0.15) is 0 Å². The van der Waals surface area contributed by atoms with Gasteiger partial charge in [-0.05, 0) is 24.3 Å². The van der Waals surface area contributed by atoms with E-state index in [1.165, 1.54) is 24.3 Å². The van der Waals surface area contributed by atoms with E-state index in [4.69, 9.17) is 11.6 Å². The van der Waals surface area contributed by atoms with Crippen LogP contribution in [0.2, 0.25) is 5.02 Å². The molecular weight excluding hydrogens is 450 g/mol. The zero-order chi connectivity index (χ0) is 22.5. The van der Waals surface area contributed by atoms with Gasteiger partial charge in [-0.15, -0.1) is 0 Å². The Kier molecular flexibility index (Phi) is 7.15. The van der Waals surface area contributed by atoms with Crippen LogP contribution < -0.4 is 19.9 Å². The van der Waals surface area contributed by atoms with Crippen LogP contribution in [0.5, 0.6) is 11.8 Å². The minimum absolute atomic E-state index is 0.0603. The first-order valence-electron chi connectivity index (χ1n) is 7.66. The Morgan fingerprint density at radius 3 is 1.90 bits per heavy atom. The Morgan fingerprint density at radius 2 is 1.47 bits per heavy atom. The normalized spacial score (nSPS) is 11.7. The molecule has 1 aromatic carbocycles. The molecule has 0 radical (unpaired) electrons. The lowest BCUT2D eigenvalue weighted by Gasteiger charge is -2.16. The van der Waals surface area contributed by atoms with Crippen molar-refractivity contribution in [2.75, 3.05) is 23.6 Å². The van der Waals surface area contributed by atoms with Crippen molar-refractivity contribution in [3.05, 3.63) is 35.4 Å². The van der Waals surface area contributed by atoms with E-state index in [1.54, 1.807) is 0 Å². The molecule has 0 atom stereocenters. The van der Waals surface area contributed by atoms with Gasteiger partial charge in [0.2, 0.25) is 17.7 Å². The molecule has 0 aliphatic rings. The van der Waals surface area contributed by atoms with Crippen molar-refractivity contribution in [2.45, 2.75) is 12.4 Å². The third-order valence-electron chi connectivity index (χ3n) is 2.93. The number of nitrogens with zero attached hydrogens (tertiary/aromatic N) is 3. The summed E-state index contributed by atoms with van der Waals surface area (Å²) < 4.78 is 82.6. The smallest absolute Gasteiger partial charge is 0.422 e. The second-order valence-electron chi connectivity index (χ2n) is 5.39. The molecule has 0 aliphatic carbocycles. The van der Waals surface area contributed by atoms with E-state index in [2.05, 4.69) is 19.4 Å². The fourth-order valence-corrected chi connectivity index (χ4v) is 1.89. The molecule has 30 heavy (non-hydrogen) atoms. The minimum Gasteiger partial charge on any atom is -0.468 e. The molecule has 2 amide bonds. The number of ether oxygens (including phenoxy) is 2. The molecule has 15 heteroatoms. The van der Waals surface area contributed by atoms with Crippen molar-refractivity contribution in [3.63, 3.8) is 0 Å². The van der Waals surface area contributed by atoms with E-state index < -0.39 is 49.3 Å². The predicted molar refractivity (Wildman–Crippen MR) is 89.9 cm³/mol. The third-order valence-corrected chi connectivity index (χ3v) is 3.18. The highest BCUT2D eigenvalue weighted by Crippen LogP contribution is 2.24. The number of rotatable bonds is 6. The molecule has 0 unspecified atom stereocenters. The van der Waals surface area contributed by atoms with Crippen molar-refractivity contribution in [1.29, 1.82) is 0 Å². The number of carbonyl (C=O) groups excluding carboxylic acids is 1. The Balaban J connectivity index is 2.20.